The Kier molecular flexibility index (Phi) is 15.3. The minimum absolute atomic E-state index is 0.137. The van der Waals surface area contributed by atoms with Gasteiger partial charge in [-0.05, 0) is 24.3 Å². The van der Waals surface area contributed by atoms with Crippen molar-refractivity contribution in [3.8, 4) is 0 Å². The van der Waals surface area contributed by atoms with Gasteiger partial charge in [0.05, 0.1) is 32.8 Å². The van der Waals surface area contributed by atoms with Gasteiger partial charge in [0.1, 0.15) is 5.78 Å². The first-order valence-electron chi connectivity index (χ1n) is 14.3. The van der Waals surface area contributed by atoms with Gasteiger partial charge in [-0.25, -0.2) is 0 Å². The maximum absolute atomic E-state index is 12.6. The molecule has 39 heavy (non-hydrogen) atoms. The van der Waals surface area contributed by atoms with E-state index in [2.05, 4.69) is 31.7 Å². The largest absolute Gasteiger partial charge is 0.464 e. The van der Waals surface area contributed by atoms with E-state index >= 15 is 0 Å². The first kappa shape index (κ1) is 32.9. The SMILES string of the molecule is CC(=O)CN1CCN(CCN(CC(=O)OCC(C)C)Cc2ccccc2)CCN(CC(=O)OCC(C)C)CC1. The Labute approximate surface area is 235 Å². The molecular formula is C30H50N4O5. The van der Waals surface area contributed by atoms with Gasteiger partial charge in [-0.15, -0.1) is 0 Å². The molecule has 2 rings (SSSR count). The van der Waals surface area contributed by atoms with Crippen molar-refractivity contribution in [2.45, 2.75) is 41.2 Å². The van der Waals surface area contributed by atoms with Crippen molar-refractivity contribution in [2.24, 2.45) is 11.8 Å². The third-order valence-electron chi connectivity index (χ3n) is 6.49. The van der Waals surface area contributed by atoms with Crippen molar-refractivity contribution in [3.63, 3.8) is 0 Å². The Morgan fingerprint density at radius 2 is 1.28 bits per heavy atom. The van der Waals surface area contributed by atoms with Crippen LogP contribution in [0.5, 0.6) is 0 Å². The van der Waals surface area contributed by atoms with Gasteiger partial charge in [-0.2, -0.15) is 0 Å². The number of ether oxygens (including phenoxy) is 2. The summed E-state index contributed by atoms with van der Waals surface area (Å²) < 4.78 is 10.9. The Hall–Kier alpha value is -2.33. The Bertz CT molecular complexity index is 864. The summed E-state index contributed by atoms with van der Waals surface area (Å²) in [7, 11) is 0. The second-order valence-electron chi connectivity index (χ2n) is 11.4. The highest BCUT2D eigenvalue weighted by molar-refractivity contribution is 5.77. The van der Waals surface area contributed by atoms with E-state index in [9.17, 15) is 14.4 Å². The van der Waals surface area contributed by atoms with Gasteiger partial charge in [-0.1, -0.05) is 58.0 Å². The summed E-state index contributed by atoms with van der Waals surface area (Å²) in [6, 6.07) is 10.2. The normalized spacial score (nSPS) is 16.2. The lowest BCUT2D eigenvalue weighted by Gasteiger charge is -2.29. The zero-order valence-corrected chi connectivity index (χ0v) is 24.8. The summed E-state index contributed by atoms with van der Waals surface area (Å²) >= 11 is 0. The first-order valence-corrected chi connectivity index (χ1v) is 14.3. The van der Waals surface area contributed by atoms with E-state index in [4.69, 9.17) is 9.47 Å². The average molecular weight is 547 g/mol. The summed E-state index contributed by atoms with van der Waals surface area (Å²) in [6.07, 6.45) is 0. The molecule has 9 heteroatoms. The summed E-state index contributed by atoms with van der Waals surface area (Å²) in [4.78, 5) is 45.7. The quantitative estimate of drug-likeness (QED) is 0.308. The predicted octanol–water partition coefficient (Wildman–Crippen LogP) is 2.40. The second-order valence-corrected chi connectivity index (χ2v) is 11.4. The lowest BCUT2D eigenvalue weighted by atomic mass is 10.2. The molecule has 220 valence electrons. The van der Waals surface area contributed by atoms with E-state index < -0.39 is 0 Å². The van der Waals surface area contributed by atoms with Crippen molar-refractivity contribution in [3.05, 3.63) is 35.9 Å². The number of ketones is 1. The molecule has 1 heterocycles. The van der Waals surface area contributed by atoms with Gasteiger partial charge in [-0.3, -0.25) is 34.0 Å². The van der Waals surface area contributed by atoms with Gasteiger partial charge in [0.15, 0.2) is 0 Å². The van der Waals surface area contributed by atoms with E-state index in [1.54, 1.807) is 6.92 Å². The van der Waals surface area contributed by atoms with Crippen LogP contribution in [-0.4, -0.2) is 123 Å². The molecule has 0 bridgehead atoms. The van der Waals surface area contributed by atoms with E-state index in [1.807, 2.05) is 45.9 Å². The molecule has 0 aliphatic carbocycles. The first-order chi connectivity index (χ1) is 18.6. The third-order valence-corrected chi connectivity index (χ3v) is 6.49. The number of Topliss-reactive ketones (excluding diaryl/α,β-unsaturated/α-hetero) is 1. The molecule has 0 atom stereocenters. The highest BCUT2D eigenvalue weighted by Gasteiger charge is 2.21. The van der Waals surface area contributed by atoms with Gasteiger partial charge in [0, 0.05) is 58.9 Å². The number of nitrogens with zero attached hydrogens (tertiary/aromatic N) is 4. The van der Waals surface area contributed by atoms with Crippen molar-refractivity contribution in [1.82, 2.24) is 19.6 Å². The molecule has 1 aliphatic heterocycles. The van der Waals surface area contributed by atoms with Crippen LogP contribution in [0, 0.1) is 11.8 Å². The minimum Gasteiger partial charge on any atom is -0.464 e. The van der Waals surface area contributed by atoms with Crippen LogP contribution in [-0.2, 0) is 30.4 Å². The van der Waals surface area contributed by atoms with Crippen LogP contribution in [0.2, 0.25) is 0 Å². The molecule has 0 spiro atoms. The lowest BCUT2D eigenvalue weighted by Crippen LogP contribution is -2.43. The average Bonchev–Trinajstić information content (AvgIpc) is 2.96. The fraction of sp³-hybridized carbons (Fsp3) is 0.700. The van der Waals surface area contributed by atoms with Crippen LogP contribution in [0.1, 0.15) is 40.2 Å². The Morgan fingerprint density at radius 1 is 0.769 bits per heavy atom. The summed E-state index contributed by atoms with van der Waals surface area (Å²) in [6.45, 7) is 18.1. The molecule has 9 nitrogen and oxygen atoms in total. The van der Waals surface area contributed by atoms with Crippen LogP contribution < -0.4 is 0 Å². The predicted molar refractivity (Wildman–Crippen MR) is 153 cm³/mol. The fourth-order valence-electron chi connectivity index (χ4n) is 4.35. The minimum atomic E-state index is -0.207. The molecule has 1 aliphatic rings. The van der Waals surface area contributed by atoms with Crippen LogP contribution in [0.15, 0.2) is 30.3 Å². The van der Waals surface area contributed by atoms with Crippen LogP contribution in [0.3, 0.4) is 0 Å². The number of benzene rings is 1. The number of hydrogen-bond acceptors (Lipinski definition) is 9. The Morgan fingerprint density at radius 3 is 1.82 bits per heavy atom. The molecule has 1 aromatic carbocycles. The molecule has 0 amide bonds. The smallest absolute Gasteiger partial charge is 0.320 e. The summed E-state index contributed by atoms with van der Waals surface area (Å²) in [5, 5.41) is 0. The Balaban J connectivity index is 2.04. The van der Waals surface area contributed by atoms with E-state index in [0.29, 0.717) is 51.2 Å². The number of carbonyl (C=O) groups is 3. The highest BCUT2D eigenvalue weighted by Crippen LogP contribution is 2.07. The van der Waals surface area contributed by atoms with Gasteiger partial charge in [0.2, 0.25) is 0 Å². The number of esters is 2. The van der Waals surface area contributed by atoms with Crippen molar-refractivity contribution in [2.75, 3.05) is 85.2 Å². The molecule has 0 aromatic heterocycles. The maximum atomic E-state index is 12.6. The zero-order chi connectivity index (χ0) is 28.6. The molecule has 1 fully saturated rings. The molecule has 0 radical (unpaired) electrons. The number of rotatable bonds is 15. The van der Waals surface area contributed by atoms with Crippen LogP contribution >= 0.6 is 0 Å². The van der Waals surface area contributed by atoms with Crippen LogP contribution in [0.4, 0.5) is 0 Å². The number of carbonyl (C=O) groups excluding carboxylic acids is 3. The molecule has 1 aromatic rings. The maximum Gasteiger partial charge on any atom is 0.320 e. The highest BCUT2D eigenvalue weighted by atomic mass is 16.5. The monoisotopic (exact) mass is 546 g/mol. The van der Waals surface area contributed by atoms with Crippen molar-refractivity contribution >= 4 is 17.7 Å². The molecule has 0 unspecified atom stereocenters. The fourth-order valence-corrected chi connectivity index (χ4v) is 4.35. The standard InChI is InChI=1S/C30H50N4O5/c1-25(2)23-38-29(36)21-33-15-12-31(11-14-32(16-17-33)19-27(5)35)13-18-34(20-28-9-7-6-8-10-28)22-30(37)39-24-26(3)4/h6-10,25-26H,11-24H2,1-5H3. The van der Waals surface area contributed by atoms with E-state index in [0.717, 1.165) is 44.8 Å². The van der Waals surface area contributed by atoms with E-state index in [-0.39, 0.29) is 30.8 Å². The molecule has 0 saturated carbocycles. The van der Waals surface area contributed by atoms with Gasteiger partial charge >= 0.3 is 11.9 Å². The second kappa shape index (κ2) is 18.1. The van der Waals surface area contributed by atoms with Crippen molar-refractivity contribution in [1.29, 1.82) is 0 Å². The number of hydrogen-bond donors (Lipinski definition) is 0. The molecule has 1 saturated heterocycles. The summed E-state index contributed by atoms with van der Waals surface area (Å²) in [5.74, 6) is 0.319. The van der Waals surface area contributed by atoms with Crippen molar-refractivity contribution < 1.29 is 23.9 Å². The van der Waals surface area contributed by atoms with Gasteiger partial charge in [0.25, 0.3) is 0 Å². The molecule has 0 N–H and O–H groups in total. The topological polar surface area (TPSA) is 82.6 Å². The summed E-state index contributed by atoms with van der Waals surface area (Å²) in [5.41, 5.74) is 1.15. The van der Waals surface area contributed by atoms with Crippen LogP contribution in [0.25, 0.3) is 0 Å². The molecular weight excluding hydrogens is 496 g/mol. The zero-order valence-electron chi connectivity index (χ0n) is 24.8. The van der Waals surface area contributed by atoms with E-state index in [1.165, 1.54) is 0 Å². The lowest BCUT2D eigenvalue weighted by molar-refractivity contribution is -0.146. The van der Waals surface area contributed by atoms with Gasteiger partial charge < -0.3 is 9.47 Å². The third kappa shape index (κ3) is 15.1.